The number of rotatable bonds is 5. The number of anilines is 1. The smallest absolute Gasteiger partial charge is 0.321 e. The van der Waals surface area contributed by atoms with Gasteiger partial charge < -0.3 is 25.2 Å². The second kappa shape index (κ2) is 11.6. The SMILES string of the molecule is Cc1ccc(C(=O)N[C@@H](C(=O)N2CCOCC2)C2CCN(C(=O)Nc3cccc(Cl)c3)CC2)cc1. The molecule has 35 heavy (non-hydrogen) atoms. The number of benzene rings is 2. The van der Waals surface area contributed by atoms with Crippen molar-refractivity contribution in [1.29, 1.82) is 0 Å². The van der Waals surface area contributed by atoms with E-state index >= 15 is 0 Å². The first kappa shape index (κ1) is 25.0. The molecule has 0 aliphatic carbocycles. The number of ether oxygens (including phenoxy) is 1. The molecule has 0 radical (unpaired) electrons. The average Bonchev–Trinajstić information content (AvgIpc) is 2.88. The molecule has 9 heteroatoms. The molecular weight excluding hydrogens is 468 g/mol. The molecule has 186 valence electrons. The Bertz CT molecular complexity index is 1050. The molecule has 0 saturated carbocycles. The Morgan fingerprint density at radius 1 is 0.971 bits per heavy atom. The Kier molecular flexibility index (Phi) is 8.25. The summed E-state index contributed by atoms with van der Waals surface area (Å²) in [6, 6.07) is 13.5. The lowest BCUT2D eigenvalue weighted by atomic mass is 9.88. The van der Waals surface area contributed by atoms with Crippen LogP contribution in [0.25, 0.3) is 0 Å². The fraction of sp³-hybridized carbons (Fsp3) is 0.423. The Balaban J connectivity index is 1.42. The number of aryl methyl sites for hydroxylation is 1. The number of hydrogen-bond donors (Lipinski definition) is 2. The van der Waals surface area contributed by atoms with Crippen LogP contribution < -0.4 is 10.6 Å². The zero-order chi connectivity index (χ0) is 24.8. The van der Waals surface area contributed by atoms with Gasteiger partial charge in [-0.15, -0.1) is 0 Å². The predicted octanol–water partition coefficient (Wildman–Crippen LogP) is 3.55. The molecule has 2 N–H and O–H groups in total. The monoisotopic (exact) mass is 498 g/mol. The number of nitrogens with one attached hydrogen (secondary N) is 2. The highest BCUT2D eigenvalue weighted by molar-refractivity contribution is 6.30. The van der Waals surface area contributed by atoms with Crippen LogP contribution in [0.15, 0.2) is 48.5 Å². The second-order valence-electron chi connectivity index (χ2n) is 9.02. The van der Waals surface area contributed by atoms with Crippen LogP contribution >= 0.6 is 11.6 Å². The highest BCUT2D eigenvalue weighted by atomic mass is 35.5. The highest BCUT2D eigenvalue weighted by Gasteiger charge is 2.36. The van der Waals surface area contributed by atoms with Gasteiger partial charge in [0.15, 0.2) is 0 Å². The molecule has 0 spiro atoms. The van der Waals surface area contributed by atoms with Crippen LogP contribution in [0.5, 0.6) is 0 Å². The number of nitrogens with zero attached hydrogens (tertiary/aromatic N) is 2. The number of piperidine rings is 1. The summed E-state index contributed by atoms with van der Waals surface area (Å²) in [5.41, 5.74) is 2.22. The van der Waals surface area contributed by atoms with E-state index in [1.54, 1.807) is 46.2 Å². The minimum atomic E-state index is -0.653. The third-order valence-corrected chi connectivity index (χ3v) is 6.80. The van der Waals surface area contributed by atoms with Gasteiger partial charge in [0.2, 0.25) is 5.91 Å². The van der Waals surface area contributed by atoms with Crippen molar-refractivity contribution < 1.29 is 19.1 Å². The van der Waals surface area contributed by atoms with Crippen molar-refractivity contribution in [2.45, 2.75) is 25.8 Å². The summed E-state index contributed by atoms with van der Waals surface area (Å²) in [4.78, 5) is 42.7. The molecule has 4 amide bonds. The minimum absolute atomic E-state index is 0.0741. The summed E-state index contributed by atoms with van der Waals surface area (Å²) in [5.74, 6) is -0.428. The Morgan fingerprint density at radius 2 is 1.66 bits per heavy atom. The quantitative estimate of drug-likeness (QED) is 0.659. The number of urea groups is 1. The third-order valence-electron chi connectivity index (χ3n) is 6.56. The minimum Gasteiger partial charge on any atom is -0.378 e. The maximum Gasteiger partial charge on any atom is 0.321 e. The summed E-state index contributed by atoms with van der Waals surface area (Å²) in [7, 11) is 0. The molecule has 2 aliphatic rings. The van der Waals surface area contributed by atoms with Crippen LogP contribution in [0.3, 0.4) is 0 Å². The largest absolute Gasteiger partial charge is 0.378 e. The first-order valence-corrected chi connectivity index (χ1v) is 12.3. The number of carbonyl (C=O) groups excluding carboxylic acids is 3. The van der Waals surface area contributed by atoms with Gasteiger partial charge in [0.25, 0.3) is 5.91 Å². The van der Waals surface area contributed by atoms with Crippen molar-refractivity contribution in [3.63, 3.8) is 0 Å². The Morgan fingerprint density at radius 3 is 2.31 bits per heavy atom. The van der Waals surface area contributed by atoms with Crippen molar-refractivity contribution in [1.82, 2.24) is 15.1 Å². The van der Waals surface area contributed by atoms with Gasteiger partial charge in [0.1, 0.15) is 6.04 Å². The first-order chi connectivity index (χ1) is 16.9. The summed E-state index contributed by atoms with van der Waals surface area (Å²) >= 11 is 6.01. The van der Waals surface area contributed by atoms with E-state index in [0.29, 0.717) is 68.5 Å². The Labute approximate surface area is 210 Å². The molecule has 2 aromatic carbocycles. The maximum absolute atomic E-state index is 13.5. The Hall–Kier alpha value is -3.10. The van der Waals surface area contributed by atoms with E-state index in [9.17, 15) is 14.4 Å². The van der Waals surface area contributed by atoms with Gasteiger partial charge in [0.05, 0.1) is 13.2 Å². The van der Waals surface area contributed by atoms with Crippen LogP contribution in [-0.4, -0.2) is 73.1 Å². The van der Waals surface area contributed by atoms with Crippen LogP contribution in [0.1, 0.15) is 28.8 Å². The van der Waals surface area contributed by atoms with E-state index in [2.05, 4.69) is 10.6 Å². The third kappa shape index (κ3) is 6.52. The van der Waals surface area contributed by atoms with Gasteiger partial charge in [-0.05, 0) is 56.0 Å². The number of carbonyl (C=O) groups is 3. The van der Waals surface area contributed by atoms with Crippen molar-refractivity contribution in [3.05, 3.63) is 64.7 Å². The van der Waals surface area contributed by atoms with Crippen molar-refractivity contribution in [2.24, 2.45) is 5.92 Å². The lowest BCUT2D eigenvalue weighted by Gasteiger charge is -2.38. The molecule has 2 heterocycles. The zero-order valence-electron chi connectivity index (χ0n) is 19.8. The molecule has 2 aliphatic heterocycles. The number of likely N-dealkylation sites (tertiary alicyclic amines) is 1. The standard InChI is InChI=1S/C26H31ClN4O4/c1-18-5-7-20(8-6-18)24(32)29-23(25(33)30-13-15-35-16-14-30)19-9-11-31(12-10-19)26(34)28-22-4-2-3-21(27)17-22/h2-8,17,19,23H,9-16H2,1H3,(H,28,34)(H,29,32)/t23-/m1/s1. The predicted molar refractivity (Wildman–Crippen MR) is 135 cm³/mol. The molecule has 0 aromatic heterocycles. The van der Waals surface area contributed by atoms with Crippen molar-refractivity contribution in [2.75, 3.05) is 44.7 Å². The molecule has 0 unspecified atom stereocenters. The molecule has 2 aromatic rings. The van der Waals surface area contributed by atoms with Gasteiger partial charge in [-0.1, -0.05) is 35.4 Å². The normalized spacial score (nSPS) is 17.5. The van der Waals surface area contributed by atoms with Gasteiger partial charge in [-0.3, -0.25) is 9.59 Å². The summed E-state index contributed by atoms with van der Waals surface area (Å²) in [6.45, 7) is 4.95. The lowest BCUT2D eigenvalue weighted by Crippen LogP contribution is -2.56. The van der Waals surface area contributed by atoms with E-state index in [-0.39, 0.29) is 23.8 Å². The van der Waals surface area contributed by atoms with Gasteiger partial charge in [0, 0.05) is 42.5 Å². The molecule has 2 fully saturated rings. The number of halogens is 1. The van der Waals surface area contributed by atoms with E-state index in [1.165, 1.54) is 0 Å². The van der Waals surface area contributed by atoms with Crippen LogP contribution in [0.4, 0.5) is 10.5 Å². The highest BCUT2D eigenvalue weighted by Crippen LogP contribution is 2.24. The zero-order valence-corrected chi connectivity index (χ0v) is 20.6. The van der Waals surface area contributed by atoms with Crippen molar-refractivity contribution in [3.8, 4) is 0 Å². The fourth-order valence-corrected chi connectivity index (χ4v) is 4.69. The van der Waals surface area contributed by atoms with Gasteiger partial charge >= 0.3 is 6.03 Å². The topological polar surface area (TPSA) is 91.0 Å². The van der Waals surface area contributed by atoms with E-state index < -0.39 is 6.04 Å². The van der Waals surface area contributed by atoms with Gasteiger partial charge in [-0.2, -0.15) is 0 Å². The molecule has 8 nitrogen and oxygen atoms in total. The number of hydrogen-bond acceptors (Lipinski definition) is 4. The molecule has 2 saturated heterocycles. The summed E-state index contributed by atoms with van der Waals surface area (Å²) in [5, 5.41) is 6.43. The van der Waals surface area contributed by atoms with Gasteiger partial charge in [-0.25, -0.2) is 4.79 Å². The van der Waals surface area contributed by atoms with E-state index in [4.69, 9.17) is 16.3 Å². The fourth-order valence-electron chi connectivity index (χ4n) is 4.50. The second-order valence-corrected chi connectivity index (χ2v) is 9.46. The summed E-state index contributed by atoms with van der Waals surface area (Å²) in [6.07, 6.45) is 1.22. The van der Waals surface area contributed by atoms with Crippen LogP contribution in [0, 0.1) is 12.8 Å². The summed E-state index contributed by atoms with van der Waals surface area (Å²) < 4.78 is 5.39. The van der Waals surface area contributed by atoms with Crippen LogP contribution in [0.2, 0.25) is 5.02 Å². The maximum atomic E-state index is 13.5. The first-order valence-electron chi connectivity index (χ1n) is 12.0. The molecular formula is C26H31ClN4O4. The van der Waals surface area contributed by atoms with E-state index in [0.717, 1.165) is 5.56 Å². The number of amides is 4. The van der Waals surface area contributed by atoms with E-state index in [1.807, 2.05) is 19.1 Å². The van der Waals surface area contributed by atoms with Crippen molar-refractivity contribution >= 4 is 35.1 Å². The molecule has 4 rings (SSSR count). The lowest BCUT2D eigenvalue weighted by molar-refractivity contribution is -0.139. The molecule has 1 atom stereocenters. The molecule has 0 bridgehead atoms. The van der Waals surface area contributed by atoms with Crippen LogP contribution in [-0.2, 0) is 9.53 Å². The number of morpholine rings is 1. The average molecular weight is 499 g/mol.